The molecule has 1 aromatic carbocycles. The number of aromatic nitrogens is 2. The van der Waals surface area contributed by atoms with Crippen LogP contribution in [0.1, 0.15) is 23.7 Å². The number of aryl methyl sites for hydroxylation is 3. The van der Waals surface area contributed by atoms with Gasteiger partial charge in [0.15, 0.2) is 0 Å². The van der Waals surface area contributed by atoms with E-state index < -0.39 is 0 Å². The SMILES string of the molecule is CC(=O)Nc1ccccc1CCn1cccc2c(C)c(C)nc1-2. The summed E-state index contributed by atoms with van der Waals surface area (Å²) < 4.78 is 2.18. The molecule has 0 radical (unpaired) electrons. The summed E-state index contributed by atoms with van der Waals surface area (Å²) >= 11 is 0. The van der Waals surface area contributed by atoms with E-state index >= 15 is 0 Å². The third-order valence-corrected chi connectivity index (χ3v) is 4.21. The summed E-state index contributed by atoms with van der Waals surface area (Å²) in [4.78, 5) is 16.0. The number of benzene rings is 1. The number of rotatable bonds is 4. The van der Waals surface area contributed by atoms with E-state index in [1.54, 1.807) is 0 Å². The van der Waals surface area contributed by atoms with Crippen molar-refractivity contribution in [1.82, 2.24) is 9.55 Å². The maximum atomic E-state index is 11.3. The molecule has 1 aromatic rings. The van der Waals surface area contributed by atoms with E-state index in [9.17, 15) is 4.79 Å². The van der Waals surface area contributed by atoms with Crippen LogP contribution in [0, 0.1) is 13.8 Å². The van der Waals surface area contributed by atoms with Gasteiger partial charge in [0.25, 0.3) is 0 Å². The Kier molecular flexibility index (Phi) is 4.15. The molecule has 3 rings (SSSR count). The quantitative estimate of drug-likeness (QED) is 0.797. The molecule has 0 aliphatic carbocycles. The van der Waals surface area contributed by atoms with Gasteiger partial charge in [0, 0.05) is 36.6 Å². The molecule has 23 heavy (non-hydrogen) atoms. The zero-order chi connectivity index (χ0) is 16.4. The van der Waals surface area contributed by atoms with E-state index in [1.165, 1.54) is 18.1 Å². The lowest BCUT2D eigenvalue weighted by Gasteiger charge is -2.14. The standard InChI is InChI=1S/C19H21N3O/c1-13-14(2)20-19-17(13)8-6-11-22(19)12-10-16-7-4-5-9-18(16)21-15(3)23/h4-9,11H,10,12H2,1-3H3,(H,21,23). The summed E-state index contributed by atoms with van der Waals surface area (Å²) in [6, 6.07) is 12.1. The molecular formula is C19H21N3O. The van der Waals surface area contributed by atoms with Gasteiger partial charge in [-0.15, -0.1) is 0 Å². The lowest BCUT2D eigenvalue weighted by atomic mass is 10.1. The Balaban J connectivity index is 1.84. The van der Waals surface area contributed by atoms with Crippen LogP contribution in [0.5, 0.6) is 0 Å². The van der Waals surface area contributed by atoms with Gasteiger partial charge in [0.05, 0.1) is 0 Å². The number of hydrogen-bond donors (Lipinski definition) is 1. The number of hydrogen-bond acceptors (Lipinski definition) is 2. The number of nitrogens with zero attached hydrogens (tertiary/aromatic N) is 2. The van der Waals surface area contributed by atoms with Crippen molar-refractivity contribution in [2.24, 2.45) is 0 Å². The zero-order valence-corrected chi connectivity index (χ0v) is 13.8. The first kappa shape index (κ1) is 15.3. The van der Waals surface area contributed by atoms with Crippen molar-refractivity contribution in [3.8, 4) is 11.4 Å². The smallest absolute Gasteiger partial charge is 0.221 e. The third kappa shape index (κ3) is 3.11. The Labute approximate surface area is 136 Å². The first-order chi connectivity index (χ1) is 11.1. The molecule has 2 heterocycles. The van der Waals surface area contributed by atoms with Crippen LogP contribution in [-0.2, 0) is 17.8 Å². The van der Waals surface area contributed by atoms with Crippen LogP contribution < -0.4 is 5.32 Å². The molecule has 0 atom stereocenters. The highest BCUT2D eigenvalue weighted by molar-refractivity contribution is 5.89. The Morgan fingerprint density at radius 3 is 2.74 bits per heavy atom. The van der Waals surface area contributed by atoms with Gasteiger partial charge in [-0.25, -0.2) is 4.98 Å². The number of carbonyl (C=O) groups is 1. The summed E-state index contributed by atoms with van der Waals surface area (Å²) in [7, 11) is 0. The Hall–Kier alpha value is -2.62. The summed E-state index contributed by atoms with van der Waals surface area (Å²) in [5, 5.41) is 2.90. The minimum atomic E-state index is -0.0452. The van der Waals surface area contributed by atoms with Crippen LogP contribution in [0.25, 0.3) is 11.4 Å². The molecule has 0 saturated heterocycles. The molecular weight excluding hydrogens is 286 g/mol. The normalized spacial score (nSPS) is 10.9. The zero-order valence-electron chi connectivity index (χ0n) is 13.8. The van der Waals surface area contributed by atoms with Gasteiger partial charge in [-0.2, -0.15) is 0 Å². The Bertz CT molecular complexity index is 819. The molecule has 0 bridgehead atoms. The van der Waals surface area contributed by atoms with Gasteiger partial charge in [-0.1, -0.05) is 18.2 Å². The average Bonchev–Trinajstić information content (AvgIpc) is 2.82. The van der Waals surface area contributed by atoms with E-state index in [1.807, 2.05) is 25.1 Å². The minimum Gasteiger partial charge on any atom is -0.332 e. The second kappa shape index (κ2) is 6.24. The van der Waals surface area contributed by atoms with Crippen LogP contribution in [0.15, 0.2) is 42.6 Å². The second-order valence-electron chi connectivity index (χ2n) is 5.85. The van der Waals surface area contributed by atoms with Gasteiger partial charge >= 0.3 is 0 Å². The maximum Gasteiger partial charge on any atom is 0.221 e. The molecule has 4 nitrogen and oxygen atoms in total. The summed E-state index contributed by atoms with van der Waals surface area (Å²) in [5.74, 6) is 0.982. The van der Waals surface area contributed by atoms with Crippen LogP contribution in [0.4, 0.5) is 5.69 Å². The Morgan fingerprint density at radius 2 is 1.96 bits per heavy atom. The predicted octanol–water partition coefficient (Wildman–Crippen LogP) is 3.81. The van der Waals surface area contributed by atoms with Crippen molar-refractivity contribution in [1.29, 1.82) is 0 Å². The molecule has 118 valence electrons. The molecule has 1 amide bonds. The van der Waals surface area contributed by atoms with Gasteiger partial charge in [0.1, 0.15) is 5.82 Å². The van der Waals surface area contributed by atoms with E-state index in [0.717, 1.165) is 35.7 Å². The highest BCUT2D eigenvalue weighted by atomic mass is 16.1. The number of para-hydroxylation sites is 1. The van der Waals surface area contributed by atoms with Gasteiger partial charge < -0.3 is 9.88 Å². The fourth-order valence-corrected chi connectivity index (χ4v) is 2.87. The molecule has 0 fully saturated rings. The van der Waals surface area contributed by atoms with Crippen molar-refractivity contribution >= 4 is 11.6 Å². The fraction of sp³-hybridized carbons (Fsp3) is 0.263. The monoisotopic (exact) mass is 307 g/mol. The van der Waals surface area contributed by atoms with E-state index in [0.29, 0.717) is 0 Å². The topological polar surface area (TPSA) is 46.9 Å². The molecule has 0 saturated carbocycles. The number of amides is 1. The highest BCUT2D eigenvalue weighted by Gasteiger charge is 2.14. The van der Waals surface area contributed by atoms with Gasteiger partial charge in [-0.05, 0) is 49.6 Å². The van der Waals surface area contributed by atoms with E-state index in [2.05, 4.69) is 46.2 Å². The molecule has 4 heteroatoms. The van der Waals surface area contributed by atoms with Crippen LogP contribution in [0.2, 0.25) is 0 Å². The van der Waals surface area contributed by atoms with Crippen LogP contribution in [-0.4, -0.2) is 15.5 Å². The number of carbonyl (C=O) groups excluding carboxylic acids is 1. The van der Waals surface area contributed by atoms with Crippen molar-refractivity contribution in [3.63, 3.8) is 0 Å². The van der Waals surface area contributed by atoms with Crippen molar-refractivity contribution in [3.05, 3.63) is 59.4 Å². The lowest BCUT2D eigenvalue weighted by Crippen LogP contribution is -2.10. The maximum absolute atomic E-state index is 11.3. The number of anilines is 1. The molecule has 2 aliphatic rings. The van der Waals surface area contributed by atoms with E-state index in [4.69, 9.17) is 0 Å². The lowest BCUT2D eigenvalue weighted by molar-refractivity contribution is -0.114. The summed E-state index contributed by atoms with van der Waals surface area (Å²) in [6.07, 6.45) is 2.90. The third-order valence-electron chi connectivity index (χ3n) is 4.21. The first-order valence-electron chi connectivity index (χ1n) is 7.84. The van der Waals surface area contributed by atoms with Crippen LogP contribution >= 0.6 is 0 Å². The molecule has 2 aliphatic heterocycles. The summed E-state index contributed by atoms with van der Waals surface area (Å²) in [6.45, 7) is 6.52. The number of pyridine rings is 1. The fourth-order valence-electron chi connectivity index (χ4n) is 2.87. The molecule has 1 N–H and O–H groups in total. The number of nitrogens with one attached hydrogen (secondary N) is 1. The first-order valence-corrected chi connectivity index (χ1v) is 7.84. The molecule has 0 unspecified atom stereocenters. The highest BCUT2D eigenvalue weighted by Crippen LogP contribution is 2.27. The van der Waals surface area contributed by atoms with Crippen molar-refractivity contribution < 1.29 is 4.79 Å². The van der Waals surface area contributed by atoms with Gasteiger partial charge in [-0.3, -0.25) is 4.79 Å². The van der Waals surface area contributed by atoms with Crippen molar-refractivity contribution in [2.45, 2.75) is 33.7 Å². The Morgan fingerprint density at radius 1 is 1.17 bits per heavy atom. The predicted molar refractivity (Wildman–Crippen MR) is 92.8 cm³/mol. The molecule has 0 aromatic heterocycles. The second-order valence-corrected chi connectivity index (χ2v) is 5.85. The molecule has 0 spiro atoms. The van der Waals surface area contributed by atoms with Crippen LogP contribution in [0.3, 0.4) is 0 Å². The average molecular weight is 307 g/mol. The van der Waals surface area contributed by atoms with Gasteiger partial charge in [0.2, 0.25) is 5.91 Å². The minimum absolute atomic E-state index is 0.0452. The van der Waals surface area contributed by atoms with E-state index in [-0.39, 0.29) is 5.91 Å². The summed E-state index contributed by atoms with van der Waals surface area (Å²) in [5.41, 5.74) is 5.55. The largest absolute Gasteiger partial charge is 0.332 e. The van der Waals surface area contributed by atoms with Crippen molar-refractivity contribution in [2.75, 3.05) is 5.32 Å². The number of fused-ring (bicyclic) bond motifs is 1.